The van der Waals surface area contributed by atoms with Crippen molar-refractivity contribution < 1.29 is 37.8 Å². The van der Waals surface area contributed by atoms with Gasteiger partial charge in [-0.3, -0.25) is 9.59 Å². The highest BCUT2D eigenvalue weighted by molar-refractivity contribution is 6.32. The first kappa shape index (κ1) is 31.7. The Morgan fingerprint density at radius 3 is 2.62 bits per heavy atom. The third-order valence-corrected chi connectivity index (χ3v) is 9.38. The van der Waals surface area contributed by atoms with E-state index >= 15 is 0 Å². The molecule has 250 valence electrons. The van der Waals surface area contributed by atoms with Crippen molar-refractivity contribution in [2.45, 2.75) is 63.9 Å². The fourth-order valence-corrected chi connectivity index (χ4v) is 6.93. The number of oxazole rings is 2. The van der Waals surface area contributed by atoms with Crippen molar-refractivity contribution >= 4 is 35.1 Å². The monoisotopic (exact) mass is 675 g/mol. The Kier molecular flexibility index (Phi) is 7.71. The Labute approximate surface area is 280 Å². The third kappa shape index (κ3) is 4.83. The molecule has 1 spiro atoms. The minimum atomic E-state index is -1.32. The molecule has 5 atom stereocenters. The zero-order chi connectivity index (χ0) is 34.1. The molecule has 4 aromatic rings. The van der Waals surface area contributed by atoms with Gasteiger partial charge in [0.15, 0.2) is 23.4 Å². The number of hydrogen-bond donors (Lipinski definition) is 4. The van der Waals surface area contributed by atoms with Crippen LogP contribution in [0, 0.1) is 11.8 Å². The molecule has 0 fully saturated rings. The summed E-state index contributed by atoms with van der Waals surface area (Å²) in [7, 11) is 1.24. The molecular formula is C34H34ClN5O8. The predicted octanol–water partition coefficient (Wildman–Crippen LogP) is 4.12. The number of amides is 2. The van der Waals surface area contributed by atoms with Crippen LogP contribution in [0.2, 0.25) is 5.02 Å². The van der Waals surface area contributed by atoms with Gasteiger partial charge >= 0.3 is 5.97 Å². The van der Waals surface area contributed by atoms with Gasteiger partial charge in [-0.25, -0.2) is 14.8 Å². The van der Waals surface area contributed by atoms with Crippen molar-refractivity contribution in [2.75, 3.05) is 12.4 Å². The quantitative estimate of drug-likeness (QED) is 0.216. The second kappa shape index (κ2) is 11.7. The van der Waals surface area contributed by atoms with Gasteiger partial charge in [-0.1, -0.05) is 63.6 Å². The van der Waals surface area contributed by atoms with Gasteiger partial charge < -0.3 is 39.4 Å². The molecule has 3 unspecified atom stereocenters. The number of carbonyl (C=O) groups is 3. The minimum Gasteiger partial charge on any atom is -0.467 e. The number of anilines is 1. The largest absolute Gasteiger partial charge is 0.467 e. The Morgan fingerprint density at radius 2 is 1.90 bits per heavy atom. The van der Waals surface area contributed by atoms with E-state index in [2.05, 4.69) is 20.9 Å². The number of hydrogen-bond acceptors (Lipinski definition) is 11. The molecule has 7 rings (SSSR count). The average Bonchev–Trinajstić information content (AvgIpc) is 3.83. The molecule has 4 N–H and O–H groups in total. The summed E-state index contributed by atoms with van der Waals surface area (Å²) in [6, 6.07) is 9.37. The van der Waals surface area contributed by atoms with E-state index in [0.29, 0.717) is 22.6 Å². The maximum Gasteiger partial charge on any atom is 0.360 e. The number of methoxy groups -OCH3 is 1. The minimum absolute atomic E-state index is 0.00914. The SMILES string of the molecule is COC(=O)c1coc(-c2nc3oc2[C@@]24c5ccccc5NC2Oc2c(Cl)cc(cc24)CC(NC(=O)[C@@H](O)C(C)C)C(=O)NC3C(C)C)n1. The van der Waals surface area contributed by atoms with Crippen molar-refractivity contribution in [1.82, 2.24) is 20.6 Å². The first-order chi connectivity index (χ1) is 22.9. The summed E-state index contributed by atoms with van der Waals surface area (Å²) in [6.45, 7) is 7.21. The topological polar surface area (TPSA) is 178 Å². The fraction of sp³-hybridized carbons (Fsp3) is 0.382. The summed E-state index contributed by atoms with van der Waals surface area (Å²) in [4.78, 5) is 48.7. The van der Waals surface area contributed by atoms with Gasteiger partial charge in [0.25, 0.3) is 0 Å². The van der Waals surface area contributed by atoms with Crippen LogP contribution in [0.4, 0.5) is 5.69 Å². The molecule has 2 amide bonds. The van der Waals surface area contributed by atoms with Gasteiger partial charge in [-0.2, -0.15) is 0 Å². The highest BCUT2D eigenvalue weighted by atomic mass is 35.5. The Balaban J connectivity index is 1.50. The zero-order valence-corrected chi connectivity index (χ0v) is 27.5. The van der Waals surface area contributed by atoms with Crippen LogP contribution in [0.25, 0.3) is 11.6 Å². The first-order valence-corrected chi connectivity index (χ1v) is 16.0. The molecule has 3 aliphatic heterocycles. The van der Waals surface area contributed by atoms with Crippen LogP contribution >= 0.6 is 11.6 Å². The van der Waals surface area contributed by atoms with Crippen molar-refractivity contribution in [3.63, 3.8) is 0 Å². The van der Waals surface area contributed by atoms with E-state index in [1.807, 2.05) is 44.2 Å². The molecule has 0 radical (unpaired) electrons. The van der Waals surface area contributed by atoms with Crippen molar-refractivity contribution in [1.29, 1.82) is 0 Å². The van der Waals surface area contributed by atoms with Gasteiger partial charge in [0.05, 0.1) is 12.1 Å². The lowest BCUT2D eigenvalue weighted by Gasteiger charge is -2.29. The average molecular weight is 676 g/mol. The number of nitrogens with one attached hydrogen (secondary N) is 3. The van der Waals surface area contributed by atoms with Crippen molar-refractivity contribution in [3.8, 4) is 17.3 Å². The van der Waals surface area contributed by atoms with E-state index in [0.717, 1.165) is 11.3 Å². The van der Waals surface area contributed by atoms with Crippen LogP contribution in [-0.2, 0) is 26.2 Å². The number of aliphatic hydroxyl groups excluding tert-OH is 1. The Morgan fingerprint density at radius 1 is 1.12 bits per heavy atom. The molecule has 4 bridgehead atoms. The second-order valence-corrected chi connectivity index (χ2v) is 13.3. The van der Waals surface area contributed by atoms with Crippen LogP contribution < -0.4 is 20.7 Å². The number of halogens is 1. The molecule has 48 heavy (non-hydrogen) atoms. The van der Waals surface area contributed by atoms with Gasteiger partial charge in [0.1, 0.15) is 35.6 Å². The number of aromatic nitrogens is 2. The molecule has 14 heteroatoms. The van der Waals surface area contributed by atoms with E-state index in [4.69, 9.17) is 34.9 Å². The molecular weight excluding hydrogens is 642 g/mol. The molecule has 3 aliphatic rings. The Hall–Kier alpha value is -4.88. The number of carbonyl (C=O) groups excluding carboxylic acids is 3. The van der Waals surface area contributed by atoms with E-state index < -0.39 is 47.6 Å². The van der Waals surface area contributed by atoms with Gasteiger partial charge in [0, 0.05) is 17.7 Å². The van der Waals surface area contributed by atoms with Crippen molar-refractivity contribution in [3.05, 3.63) is 81.7 Å². The molecule has 0 saturated heterocycles. The van der Waals surface area contributed by atoms with Crippen molar-refractivity contribution in [2.24, 2.45) is 11.8 Å². The molecule has 13 nitrogen and oxygen atoms in total. The number of nitrogens with zero attached hydrogens (tertiary/aromatic N) is 2. The van der Waals surface area contributed by atoms with Gasteiger partial charge in [-0.05, 0) is 35.1 Å². The normalized spacial score (nSPS) is 22.9. The maximum atomic E-state index is 14.0. The van der Waals surface area contributed by atoms with Crippen LogP contribution in [0.3, 0.4) is 0 Å². The number of fused-ring (bicyclic) bond motifs is 4. The lowest BCUT2D eigenvalue weighted by Crippen LogP contribution is -2.52. The van der Waals surface area contributed by atoms with Crippen LogP contribution in [-0.4, -0.2) is 58.3 Å². The molecule has 2 aromatic heterocycles. The zero-order valence-electron chi connectivity index (χ0n) is 26.8. The number of benzene rings is 2. The standard InChI is InChI=1S/C34H34ClN5O8/c1-14(2)23-31-40-24(30-37-22(13-46-30)32(44)45-5)27(48-31)34-17-8-6-7-9-20(17)38-33(34)47-26-18(34)10-16(11-19(26)35)12-21(28(42)39-23)36-29(43)25(41)15(3)4/h6-11,13-15,21,23,25,33,38,41H,12H2,1-5H3,(H,36,43)(H,39,42)/t21?,23?,25-,33?,34-/m0/s1. The smallest absolute Gasteiger partial charge is 0.360 e. The lowest BCUT2D eigenvalue weighted by molar-refractivity contribution is -0.135. The van der Waals surface area contributed by atoms with E-state index in [1.54, 1.807) is 19.9 Å². The number of esters is 1. The van der Waals surface area contributed by atoms with Crippen LogP contribution in [0.15, 0.2) is 51.5 Å². The van der Waals surface area contributed by atoms with Gasteiger partial charge in [-0.15, -0.1) is 0 Å². The van der Waals surface area contributed by atoms with E-state index in [-0.39, 0.29) is 46.4 Å². The maximum absolute atomic E-state index is 14.0. The molecule has 2 aromatic carbocycles. The second-order valence-electron chi connectivity index (χ2n) is 12.9. The fourth-order valence-electron chi connectivity index (χ4n) is 6.64. The highest BCUT2D eigenvalue weighted by Crippen LogP contribution is 2.60. The number of rotatable bonds is 6. The Bertz CT molecular complexity index is 1950. The summed E-state index contributed by atoms with van der Waals surface area (Å²) in [6.07, 6.45) is -0.844. The summed E-state index contributed by atoms with van der Waals surface area (Å²) in [5.41, 5.74) is 1.77. The summed E-state index contributed by atoms with van der Waals surface area (Å²) < 4.78 is 24.0. The first-order valence-electron chi connectivity index (χ1n) is 15.6. The number of aliphatic hydroxyl groups is 1. The summed E-state index contributed by atoms with van der Waals surface area (Å²) in [5.74, 6) is -1.67. The van der Waals surface area contributed by atoms with E-state index in [1.165, 1.54) is 13.4 Å². The highest BCUT2D eigenvalue weighted by Gasteiger charge is 2.61. The summed E-state index contributed by atoms with van der Waals surface area (Å²) >= 11 is 6.91. The lowest BCUT2D eigenvalue weighted by atomic mass is 9.72. The predicted molar refractivity (Wildman–Crippen MR) is 171 cm³/mol. The molecule has 5 heterocycles. The van der Waals surface area contributed by atoms with Crippen LogP contribution in [0.1, 0.15) is 72.6 Å². The molecule has 0 aliphatic carbocycles. The van der Waals surface area contributed by atoms with Gasteiger partial charge in [0.2, 0.25) is 23.6 Å². The third-order valence-electron chi connectivity index (χ3n) is 9.10. The van der Waals surface area contributed by atoms with Crippen LogP contribution in [0.5, 0.6) is 5.75 Å². The van der Waals surface area contributed by atoms with E-state index in [9.17, 15) is 19.5 Å². The number of ether oxygens (including phenoxy) is 2. The molecule has 0 saturated carbocycles. The summed E-state index contributed by atoms with van der Waals surface area (Å²) in [5, 5.41) is 20.0. The number of para-hydroxylation sites is 1.